The average Bonchev–Trinajstić information content (AvgIpc) is 2.99. The van der Waals surface area contributed by atoms with Gasteiger partial charge in [-0.3, -0.25) is 19.3 Å². The zero-order valence-electron chi connectivity index (χ0n) is 16.5. The normalized spacial score (nSPS) is 14.0. The van der Waals surface area contributed by atoms with Crippen molar-refractivity contribution in [2.45, 2.75) is 84.0 Å². The predicted octanol–water partition coefficient (Wildman–Crippen LogP) is 5.20. The molecule has 0 saturated carbocycles. The fraction of sp³-hybridized carbons (Fsp3) is 0.591. The summed E-state index contributed by atoms with van der Waals surface area (Å²) < 4.78 is 0. The van der Waals surface area contributed by atoms with E-state index < -0.39 is 0 Å². The molecule has 1 aliphatic heterocycles. The molecule has 1 saturated heterocycles. The Hall–Kier alpha value is -2.17. The molecule has 0 radical (unpaired) electrons. The van der Waals surface area contributed by atoms with E-state index in [0.29, 0.717) is 17.8 Å². The minimum atomic E-state index is -0.165. The van der Waals surface area contributed by atoms with Crippen LogP contribution in [-0.4, -0.2) is 17.7 Å². The molecule has 2 rings (SSSR count). The third-order valence-corrected chi connectivity index (χ3v) is 4.97. The van der Waals surface area contributed by atoms with Gasteiger partial charge in [0.25, 0.3) is 0 Å². The van der Waals surface area contributed by atoms with Crippen molar-refractivity contribution in [3.8, 4) is 0 Å². The molecule has 1 aromatic carbocycles. The van der Waals surface area contributed by atoms with Gasteiger partial charge in [0.2, 0.25) is 17.7 Å². The van der Waals surface area contributed by atoms with Gasteiger partial charge in [-0.15, -0.1) is 0 Å². The highest BCUT2D eigenvalue weighted by molar-refractivity contribution is 6.19. The molecule has 0 atom stereocenters. The molecule has 27 heavy (non-hydrogen) atoms. The molecule has 1 heterocycles. The van der Waals surface area contributed by atoms with Crippen LogP contribution in [0.5, 0.6) is 0 Å². The number of hydrogen-bond donors (Lipinski definition) is 1. The highest BCUT2D eigenvalue weighted by atomic mass is 16.2. The number of carbonyl (C=O) groups excluding carboxylic acids is 3. The second-order valence-electron chi connectivity index (χ2n) is 7.30. The van der Waals surface area contributed by atoms with E-state index >= 15 is 0 Å². The van der Waals surface area contributed by atoms with E-state index in [9.17, 15) is 14.4 Å². The van der Waals surface area contributed by atoms with Crippen molar-refractivity contribution >= 4 is 29.1 Å². The topological polar surface area (TPSA) is 66.5 Å². The standard InChI is InChI=1S/C22H32N2O3/c1-2-3-4-5-6-7-8-9-10-11-20(25)23-18-12-14-19(15-13-18)24-21(26)16-17-22(24)27/h12-15H,2-11,16-17H2,1H3,(H,23,25). The molecule has 1 fully saturated rings. The highest BCUT2D eigenvalue weighted by Gasteiger charge is 2.30. The van der Waals surface area contributed by atoms with Gasteiger partial charge in [-0.1, -0.05) is 58.3 Å². The molecule has 1 N–H and O–H groups in total. The first-order valence-corrected chi connectivity index (χ1v) is 10.4. The Kier molecular flexibility index (Phi) is 9.02. The van der Waals surface area contributed by atoms with E-state index in [-0.39, 0.29) is 30.6 Å². The van der Waals surface area contributed by atoms with E-state index in [2.05, 4.69) is 12.2 Å². The smallest absolute Gasteiger partial charge is 0.234 e. The summed E-state index contributed by atoms with van der Waals surface area (Å²) in [5, 5.41) is 2.88. The molecular weight excluding hydrogens is 340 g/mol. The van der Waals surface area contributed by atoms with Crippen molar-refractivity contribution in [1.82, 2.24) is 0 Å². The van der Waals surface area contributed by atoms with Crippen molar-refractivity contribution < 1.29 is 14.4 Å². The summed E-state index contributed by atoms with van der Waals surface area (Å²) in [6.07, 6.45) is 12.2. The van der Waals surface area contributed by atoms with Crippen LogP contribution < -0.4 is 10.2 Å². The predicted molar refractivity (Wildman–Crippen MR) is 109 cm³/mol. The van der Waals surface area contributed by atoms with Gasteiger partial charge in [-0.05, 0) is 30.7 Å². The fourth-order valence-electron chi connectivity index (χ4n) is 3.38. The fourth-order valence-corrected chi connectivity index (χ4v) is 3.38. The van der Waals surface area contributed by atoms with Gasteiger partial charge >= 0.3 is 0 Å². The van der Waals surface area contributed by atoms with Gasteiger partial charge in [-0.25, -0.2) is 0 Å². The molecule has 0 bridgehead atoms. The minimum absolute atomic E-state index is 0.0130. The summed E-state index contributed by atoms with van der Waals surface area (Å²) in [6.45, 7) is 2.23. The van der Waals surface area contributed by atoms with Gasteiger partial charge in [0.15, 0.2) is 0 Å². The Bertz CT molecular complexity index is 609. The summed E-state index contributed by atoms with van der Waals surface area (Å²) in [5.74, 6) is -0.316. The summed E-state index contributed by atoms with van der Waals surface area (Å²) in [4.78, 5) is 36.7. The Morgan fingerprint density at radius 2 is 1.37 bits per heavy atom. The van der Waals surface area contributed by atoms with Crippen LogP contribution in [-0.2, 0) is 14.4 Å². The number of benzene rings is 1. The van der Waals surface area contributed by atoms with Crippen molar-refractivity contribution in [3.05, 3.63) is 24.3 Å². The van der Waals surface area contributed by atoms with Crippen molar-refractivity contribution in [1.29, 1.82) is 0 Å². The Labute approximate surface area is 162 Å². The zero-order chi connectivity index (χ0) is 19.5. The molecule has 0 aromatic heterocycles. The molecule has 5 heteroatoms. The number of hydrogen-bond acceptors (Lipinski definition) is 3. The lowest BCUT2D eigenvalue weighted by molar-refractivity contribution is -0.121. The number of unbranched alkanes of at least 4 members (excludes halogenated alkanes) is 8. The summed E-state index contributed by atoms with van der Waals surface area (Å²) in [5.41, 5.74) is 1.26. The Morgan fingerprint density at radius 1 is 0.852 bits per heavy atom. The van der Waals surface area contributed by atoms with Gasteiger partial charge in [0.1, 0.15) is 0 Å². The summed E-state index contributed by atoms with van der Waals surface area (Å²) in [6, 6.07) is 6.88. The molecular formula is C22H32N2O3. The van der Waals surface area contributed by atoms with Crippen LogP contribution in [0.15, 0.2) is 24.3 Å². The minimum Gasteiger partial charge on any atom is -0.326 e. The number of carbonyl (C=O) groups is 3. The summed E-state index contributed by atoms with van der Waals surface area (Å²) >= 11 is 0. The van der Waals surface area contributed by atoms with E-state index in [1.807, 2.05) is 0 Å². The van der Waals surface area contributed by atoms with Gasteiger partial charge in [-0.2, -0.15) is 0 Å². The number of anilines is 2. The molecule has 148 valence electrons. The lowest BCUT2D eigenvalue weighted by atomic mass is 10.1. The molecule has 1 aliphatic rings. The number of amides is 3. The van der Waals surface area contributed by atoms with E-state index in [0.717, 1.165) is 12.8 Å². The first kappa shape index (κ1) is 21.1. The highest BCUT2D eigenvalue weighted by Crippen LogP contribution is 2.24. The van der Waals surface area contributed by atoms with Crippen LogP contribution in [0, 0.1) is 0 Å². The van der Waals surface area contributed by atoms with Crippen molar-refractivity contribution in [2.75, 3.05) is 10.2 Å². The first-order valence-electron chi connectivity index (χ1n) is 10.4. The average molecular weight is 373 g/mol. The third-order valence-electron chi connectivity index (χ3n) is 4.97. The van der Waals surface area contributed by atoms with Gasteiger partial charge in [0, 0.05) is 24.9 Å². The van der Waals surface area contributed by atoms with Crippen LogP contribution in [0.3, 0.4) is 0 Å². The van der Waals surface area contributed by atoms with Crippen LogP contribution in [0.4, 0.5) is 11.4 Å². The van der Waals surface area contributed by atoms with E-state index in [1.165, 1.54) is 49.8 Å². The molecule has 1 aromatic rings. The Balaban J connectivity index is 1.62. The third kappa shape index (κ3) is 7.16. The molecule has 3 amide bonds. The van der Waals surface area contributed by atoms with E-state index in [4.69, 9.17) is 0 Å². The number of nitrogens with zero attached hydrogens (tertiary/aromatic N) is 1. The maximum Gasteiger partial charge on any atom is 0.234 e. The monoisotopic (exact) mass is 372 g/mol. The quantitative estimate of drug-likeness (QED) is 0.405. The van der Waals surface area contributed by atoms with Gasteiger partial charge < -0.3 is 5.32 Å². The lowest BCUT2D eigenvalue weighted by Crippen LogP contribution is -2.28. The molecule has 5 nitrogen and oxygen atoms in total. The second-order valence-corrected chi connectivity index (χ2v) is 7.30. The number of nitrogens with one attached hydrogen (secondary N) is 1. The number of rotatable bonds is 12. The van der Waals surface area contributed by atoms with Crippen LogP contribution >= 0.6 is 0 Å². The van der Waals surface area contributed by atoms with Crippen molar-refractivity contribution in [3.63, 3.8) is 0 Å². The van der Waals surface area contributed by atoms with Crippen LogP contribution in [0.25, 0.3) is 0 Å². The zero-order valence-corrected chi connectivity index (χ0v) is 16.5. The largest absolute Gasteiger partial charge is 0.326 e. The maximum absolute atomic E-state index is 12.0. The summed E-state index contributed by atoms with van der Waals surface area (Å²) in [7, 11) is 0. The number of imide groups is 1. The SMILES string of the molecule is CCCCCCCCCCCC(=O)Nc1ccc(N2C(=O)CCC2=O)cc1. The molecule has 0 aliphatic carbocycles. The van der Waals surface area contributed by atoms with Gasteiger partial charge in [0.05, 0.1) is 5.69 Å². The second kappa shape index (κ2) is 11.5. The lowest BCUT2D eigenvalue weighted by Gasteiger charge is -2.14. The first-order chi connectivity index (χ1) is 13.1. The Morgan fingerprint density at radius 3 is 1.93 bits per heavy atom. The van der Waals surface area contributed by atoms with Crippen molar-refractivity contribution in [2.24, 2.45) is 0 Å². The van der Waals surface area contributed by atoms with Crippen LogP contribution in [0.2, 0.25) is 0 Å². The molecule has 0 unspecified atom stereocenters. The van der Waals surface area contributed by atoms with E-state index in [1.54, 1.807) is 24.3 Å². The maximum atomic E-state index is 12.0. The molecule has 0 spiro atoms. The van der Waals surface area contributed by atoms with Crippen LogP contribution in [0.1, 0.15) is 84.0 Å².